The highest BCUT2D eigenvalue weighted by molar-refractivity contribution is 6.30. The molecule has 1 saturated carbocycles. The molecule has 0 bridgehead atoms. The number of halogens is 2. The molecule has 2 fully saturated rings. The SMILES string of the molecule is Cc1nc2nc([C@@H]3CO[C@@H](c4cnn(C5CC5)c4)C3)nc(-c3ccc(Cl)cc3F)c2nc1C. The molecule has 4 aromatic rings. The summed E-state index contributed by atoms with van der Waals surface area (Å²) < 4.78 is 23.0. The molecule has 168 valence electrons. The predicted molar refractivity (Wildman–Crippen MR) is 122 cm³/mol. The van der Waals surface area contributed by atoms with Gasteiger partial charge in [-0.3, -0.25) is 4.68 Å². The maximum absolute atomic E-state index is 14.9. The Morgan fingerprint density at radius 1 is 1.09 bits per heavy atom. The second-order valence-electron chi connectivity index (χ2n) is 8.86. The second-order valence-corrected chi connectivity index (χ2v) is 9.30. The van der Waals surface area contributed by atoms with Gasteiger partial charge in [-0.2, -0.15) is 5.10 Å². The van der Waals surface area contributed by atoms with Gasteiger partial charge in [0.1, 0.15) is 22.9 Å². The highest BCUT2D eigenvalue weighted by atomic mass is 35.5. The average Bonchev–Trinajstić information content (AvgIpc) is 3.31. The third kappa shape index (κ3) is 3.77. The zero-order chi connectivity index (χ0) is 22.7. The summed E-state index contributed by atoms with van der Waals surface area (Å²) in [4.78, 5) is 18.8. The summed E-state index contributed by atoms with van der Waals surface area (Å²) in [6.45, 7) is 4.23. The van der Waals surface area contributed by atoms with E-state index in [0.717, 1.165) is 23.4 Å². The number of nitrogens with zero attached hydrogens (tertiary/aromatic N) is 6. The number of hydrogen-bond acceptors (Lipinski definition) is 6. The molecule has 1 aliphatic heterocycles. The Hall–Kier alpha value is -2.97. The molecular formula is C24H22ClFN6O. The molecule has 9 heteroatoms. The second kappa shape index (κ2) is 7.81. The number of ether oxygens (including phenoxy) is 1. The fourth-order valence-corrected chi connectivity index (χ4v) is 4.44. The summed E-state index contributed by atoms with van der Waals surface area (Å²) >= 11 is 5.98. The Balaban J connectivity index is 1.40. The van der Waals surface area contributed by atoms with Crippen LogP contribution >= 0.6 is 11.6 Å². The van der Waals surface area contributed by atoms with Crippen LogP contribution in [-0.4, -0.2) is 36.3 Å². The number of aromatic nitrogens is 6. The lowest BCUT2D eigenvalue weighted by molar-refractivity contribution is 0.110. The number of benzene rings is 1. The van der Waals surface area contributed by atoms with E-state index in [4.69, 9.17) is 26.3 Å². The summed E-state index contributed by atoms with van der Waals surface area (Å²) in [5.41, 5.74) is 4.28. The van der Waals surface area contributed by atoms with Gasteiger partial charge in [-0.05, 0) is 51.3 Å². The van der Waals surface area contributed by atoms with Gasteiger partial charge in [-0.1, -0.05) is 11.6 Å². The lowest BCUT2D eigenvalue weighted by Crippen LogP contribution is -2.09. The molecule has 1 aliphatic carbocycles. The minimum Gasteiger partial charge on any atom is -0.373 e. The van der Waals surface area contributed by atoms with Gasteiger partial charge in [0.05, 0.1) is 36.3 Å². The molecule has 0 amide bonds. The predicted octanol–water partition coefficient (Wildman–Crippen LogP) is 5.27. The largest absolute Gasteiger partial charge is 0.373 e. The van der Waals surface area contributed by atoms with Gasteiger partial charge < -0.3 is 4.74 Å². The van der Waals surface area contributed by atoms with Crippen LogP contribution in [0.1, 0.15) is 60.1 Å². The van der Waals surface area contributed by atoms with Crippen LogP contribution < -0.4 is 0 Å². The Labute approximate surface area is 195 Å². The van der Waals surface area contributed by atoms with Gasteiger partial charge in [-0.25, -0.2) is 24.3 Å². The Morgan fingerprint density at radius 3 is 2.70 bits per heavy atom. The van der Waals surface area contributed by atoms with Gasteiger partial charge >= 0.3 is 0 Å². The minimum atomic E-state index is -0.457. The topological polar surface area (TPSA) is 78.6 Å². The van der Waals surface area contributed by atoms with Gasteiger partial charge in [0, 0.05) is 28.3 Å². The van der Waals surface area contributed by atoms with Crippen molar-refractivity contribution in [2.45, 2.75) is 51.2 Å². The van der Waals surface area contributed by atoms with Gasteiger partial charge in [-0.15, -0.1) is 0 Å². The van der Waals surface area contributed by atoms with E-state index in [0.29, 0.717) is 45.9 Å². The molecule has 7 nitrogen and oxygen atoms in total. The first-order chi connectivity index (χ1) is 16.0. The number of aryl methyl sites for hydroxylation is 2. The van der Waals surface area contributed by atoms with E-state index in [9.17, 15) is 4.39 Å². The molecule has 0 unspecified atom stereocenters. The summed E-state index contributed by atoms with van der Waals surface area (Å²) in [5.74, 6) is 0.0872. The van der Waals surface area contributed by atoms with Crippen molar-refractivity contribution < 1.29 is 9.13 Å². The molecule has 2 atom stereocenters. The third-order valence-electron chi connectivity index (χ3n) is 6.42. The van der Waals surface area contributed by atoms with Crippen molar-refractivity contribution in [1.82, 2.24) is 29.7 Å². The van der Waals surface area contributed by atoms with Gasteiger partial charge in [0.25, 0.3) is 0 Å². The molecule has 0 N–H and O–H groups in total. The lowest BCUT2D eigenvalue weighted by atomic mass is 10.0. The maximum Gasteiger partial charge on any atom is 0.182 e. The molecule has 0 spiro atoms. The van der Waals surface area contributed by atoms with Crippen LogP contribution in [0.2, 0.25) is 5.02 Å². The monoisotopic (exact) mass is 464 g/mol. The highest BCUT2D eigenvalue weighted by Gasteiger charge is 2.33. The highest BCUT2D eigenvalue weighted by Crippen LogP contribution is 2.40. The van der Waals surface area contributed by atoms with E-state index in [2.05, 4.69) is 21.3 Å². The quantitative estimate of drug-likeness (QED) is 0.409. The van der Waals surface area contributed by atoms with Crippen molar-refractivity contribution in [1.29, 1.82) is 0 Å². The minimum absolute atomic E-state index is 0.0406. The molecular weight excluding hydrogens is 443 g/mol. The molecule has 3 aromatic heterocycles. The number of fused-ring (bicyclic) bond motifs is 1. The van der Waals surface area contributed by atoms with E-state index >= 15 is 0 Å². The summed E-state index contributed by atoms with van der Waals surface area (Å²) in [7, 11) is 0. The van der Waals surface area contributed by atoms with Crippen LogP contribution in [0.3, 0.4) is 0 Å². The average molecular weight is 465 g/mol. The zero-order valence-electron chi connectivity index (χ0n) is 18.3. The lowest BCUT2D eigenvalue weighted by Gasteiger charge is -2.13. The van der Waals surface area contributed by atoms with Gasteiger partial charge in [0.15, 0.2) is 5.65 Å². The maximum atomic E-state index is 14.9. The van der Waals surface area contributed by atoms with Crippen LogP contribution in [-0.2, 0) is 4.74 Å². The third-order valence-corrected chi connectivity index (χ3v) is 6.66. The van der Waals surface area contributed by atoms with E-state index in [1.54, 1.807) is 12.1 Å². The van der Waals surface area contributed by atoms with E-state index in [1.165, 1.54) is 18.9 Å². The van der Waals surface area contributed by atoms with Crippen LogP contribution in [0.25, 0.3) is 22.4 Å². The van der Waals surface area contributed by atoms with E-state index < -0.39 is 5.82 Å². The van der Waals surface area contributed by atoms with E-state index in [-0.39, 0.29) is 12.0 Å². The molecule has 4 heterocycles. The first-order valence-electron chi connectivity index (χ1n) is 11.1. The van der Waals surface area contributed by atoms with Crippen molar-refractivity contribution in [3.05, 3.63) is 64.2 Å². The normalized spacial score (nSPS) is 20.6. The van der Waals surface area contributed by atoms with Crippen LogP contribution in [0.15, 0.2) is 30.6 Å². The summed E-state index contributed by atoms with van der Waals surface area (Å²) in [6.07, 6.45) is 7.00. The van der Waals surface area contributed by atoms with E-state index in [1.807, 2.05) is 24.7 Å². The van der Waals surface area contributed by atoms with Crippen molar-refractivity contribution in [2.75, 3.05) is 6.61 Å². The van der Waals surface area contributed by atoms with Crippen molar-refractivity contribution in [3.8, 4) is 11.3 Å². The van der Waals surface area contributed by atoms with Crippen LogP contribution in [0, 0.1) is 19.7 Å². The zero-order valence-corrected chi connectivity index (χ0v) is 19.1. The number of rotatable bonds is 4. The molecule has 6 rings (SSSR count). The molecule has 1 aromatic carbocycles. The van der Waals surface area contributed by atoms with Crippen molar-refractivity contribution >= 4 is 22.8 Å². The van der Waals surface area contributed by atoms with Gasteiger partial charge in [0.2, 0.25) is 0 Å². The Morgan fingerprint density at radius 2 is 1.91 bits per heavy atom. The molecule has 0 radical (unpaired) electrons. The van der Waals surface area contributed by atoms with Crippen molar-refractivity contribution in [2.24, 2.45) is 0 Å². The Bertz CT molecular complexity index is 1390. The standard InChI is InChI=1S/C24H22ClFN6O/c1-12-13(2)29-24-22(28-12)21(18-6-3-16(25)8-19(18)26)30-23(31-24)14-7-20(33-11-14)15-9-27-32(10-15)17-4-5-17/h3,6,8-10,14,17,20H,4-5,7,11H2,1-2H3/t14-,20+/m0/s1. The smallest absolute Gasteiger partial charge is 0.182 e. The summed E-state index contributed by atoms with van der Waals surface area (Å²) in [5, 5.41) is 4.81. The van der Waals surface area contributed by atoms with Crippen LogP contribution in [0.4, 0.5) is 4.39 Å². The molecule has 33 heavy (non-hydrogen) atoms. The number of hydrogen-bond donors (Lipinski definition) is 0. The molecule has 2 aliphatic rings. The fourth-order valence-electron chi connectivity index (χ4n) is 4.28. The molecule has 1 saturated heterocycles. The first kappa shape index (κ1) is 20.6. The van der Waals surface area contributed by atoms with Crippen molar-refractivity contribution in [3.63, 3.8) is 0 Å². The fraction of sp³-hybridized carbons (Fsp3) is 0.375. The summed E-state index contributed by atoms with van der Waals surface area (Å²) in [6, 6.07) is 5.08. The van der Waals surface area contributed by atoms with Crippen LogP contribution in [0.5, 0.6) is 0 Å². The first-order valence-corrected chi connectivity index (χ1v) is 11.5. The Kier molecular flexibility index (Phi) is 4.88.